The van der Waals surface area contributed by atoms with Crippen LogP contribution < -0.4 is 10.5 Å². The van der Waals surface area contributed by atoms with Crippen molar-refractivity contribution in [3.05, 3.63) is 60.4 Å². The number of benzene rings is 2. The zero-order valence-electron chi connectivity index (χ0n) is 16.7. The third kappa shape index (κ3) is 3.89. The van der Waals surface area contributed by atoms with Crippen molar-refractivity contribution < 1.29 is 14.3 Å². The smallest absolute Gasteiger partial charge is 0.293 e. The van der Waals surface area contributed by atoms with E-state index in [0.29, 0.717) is 37.5 Å². The van der Waals surface area contributed by atoms with Gasteiger partial charge in [-0.15, -0.1) is 5.10 Å². The lowest BCUT2D eigenvalue weighted by Gasteiger charge is -2.29. The van der Waals surface area contributed by atoms with Crippen molar-refractivity contribution in [2.75, 3.05) is 20.2 Å². The fourth-order valence-corrected chi connectivity index (χ4v) is 3.61. The van der Waals surface area contributed by atoms with Crippen molar-refractivity contribution in [2.45, 2.75) is 12.8 Å². The highest BCUT2D eigenvalue weighted by Gasteiger charge is 2.29. The number of methoxy groups -OCH3 is 1. The van der Waals surface area contributed by atoms with Gasteiger partial charge in [-0.2, -0.15) is 0 Å². The monoisotopic (exact) mass is 405 g/mol. The second kappa shape index (κ2) is 8.36. The summed E-state index contributed by atoms with van der Waals surface area (Å²) in [7, 11) is 1.60. The molecule has 0 unspecified atom stereocenters. The summed E-state index contributed by atoms with van der Waals surface area (Å²) in [6.07, 6.45) is 1.12. The van der Waals surface area contributed by atoms with E-state index in [2.05, 4.69) is 10.1 Å². The standard InChI is InChI=1S/C22H23N5O3/c1-30-18-9-5-6-16(14-18)21-24-20(25-27(21)17-7-3-2-4-8-17)22(29)26-12-10-15(11-13-26)19(23)28/h2-9,14-15H,10-13H2,1H3,(H2,23,28). The molecule has 3 aromatic rings. The Morgan fingerprint density at radius 3 is 2.47 bits per heavy atom. The van der Waals surface area contributed by atoms with Gasteiger partial charge in [0.05, 0.1) is 12.8 Å². The Morgan fingerprint density at radius 2 is 1.80 bits per heavy atom. The van der Waals surface area contributed by atoms with E-state index in [-0.39, 0.29) is 23.6 Å². The Morgan fingerprint density at radius 1 is 1.07 bits per heavy atom. The molecule has 0 spiro atoms. The van der Waals surface area contributed by atoms with Crippen molar-refractivity contribution in [1.82, 2.24) is 19.7 Å². The van der Waals surface area contributed by atoms with Crippen LogP contribution in [0.5, 0.6) is 5.75 Å². The highest BCUT2D eigenvalue weighted by Crippen LogP contribution is 2.26. The molecule has 0 aliphatic carbocycles. The Kier molecular flexibility index (Phi) is 5.47. The first kappa shape index (κ1) is 19.6. The number of carbonyl (C=O) groups excluding carboxylic acids is 2. The molecule has 1 aromatic heterocycles. The van der Waals surface area contributed by atoms with Gasteiger partial charge in [0.25, 0.3) is 5.91 Å². The summed E-state index contributed by atoms with van der Waals surface area (Å²) in [4.78, 5) is 30.7. The van der Waals surface area contributed by atoms with Crippen molar-refractivity contribution in [2.24, 2.45) is 11.7 Å². The van der Waals surface area contributed by atoms with Crippen molar-refractivity contribution >= 4 is 11.8 Å². The summed E-state index contributed by atoms with van der Waals surface area (Å²) < 4.78 is 7.00. The number of nitrogens with zero attached hydrogens (tertiary/aromatic N) is 4. The predicted octanol–water partition coefficient (Wildman–Crippen LogP) is 2.28. The summed E-state index contributed by atoms with van der Waals surface area (Å²) in [5.74, 6) is 0.614. The summed E-state index contributed by atoms with van der Waals surface area (Å²) in [6.45, 7) is 0.918. The number of para-hydroxylation sites is 1. The number of hydrogen-bond acceptors (Lipinski definition) is 5. The molecule has 1 fully saturated rings. The van der Waals surface area contributed by atoms with Crippen LogP contribution in [0.1, 0.15) is 23.5 Å². The second-order valence-electron chi connectivity index (χ2n) is 7.21. The fraction of sp³-hybridized carbons (Fsp3) is 0.273. The van der Waals surface area contributed by atoms with E-state index in [1.54, 1.807) is 16.7 Å². The van der Waals surface area contributed by atoms with Gasteiger partial charge in [0.2, 0.25) is 11.7 Å². The Hall–Kier alpha value is -3.68. The van der Waals surface area contributed by atoms with E-state index < -0.39 is 0 Å². The molecule has 0 bridgehead atoms. The minimum absolute atomic E-state index is 0.120. The number of hydrogen-bond donors (Lipinski definition) is 1. The minimum atomic E-state index is -0.311. The number of piperidine rings is 1. The van der Waals surface area contributed by atoms with Gasteiger partial charge in [-0.3, -0.25) is 9.59 Å². The summed E-state index contributed by atoms with van der Waals surface area (Å²) in [5, 5.41) is 4.52. The Balaban J connectivity index is 1.69. The van der Waals surface area contributed by atoms with E-state index in [9.17, 15) is 9.59 Å². The molecule has 2 N–H and O–H groups in total. The van der Waals surface area contributed by atoms with Gasteiger partial charge < -0.3 is 15.4 Å². The molecule has 1 aliphatic rings. The number of primary amides is 1. The lowest BCUT2D eigenvalue weighted by molar-refractivity contribution is -0.123. The van der Waals surface area contributed by atoms with E-state index in [0.717, 1.165) is 11.3 Å². The first-order valence-corrected chi connectivity index (χ1v) is 9.82. The topological polar surface area (TPSA) is 103 Å². The number of aromatic nitrogens is 3. The van der Waals surface area contributed by atoms with Gasteiger partial charge in [-0.1, -0.05) is 30.3 Å². The third-order valence-electron chi connectivity index (χ3n) is 5.31. The van der Waals surface area contributed by atoms with Crippen LogP contribution >= 0.6 is 0 Å². The van der Waals surface area contributed by atoms with Crippen molar-refractivity contribution in [3.63, 3.8) is 0 Å². The molecule has 154 valence electrons. The van der Waals surface area contributed by atoms with Crippen LogP contribution in [0.4, 0.5) is 0 Å². The van der Waals surface area contributed by atoms with Crippen LogP contribution in [-0.2, 0) is 4.79 Å². The van der Waals surface area contributed by atoms with Crippen molar-refractivity contribution in [1.29, 1.82) is 0 Å². The van der Waals surface area contributed by atoms with E-state index in [1.807, 2.05) is 54.6 Å². The zero-order valence-corrected chi connectivity index (χ0v) is 16.7. The number of likely N-dealkylation sites (tertiary alicyclic amines) is 1. The second-order valence-corrected chi connectivity index (χ2v) is 7.21. The van der Waals surface area contributed by atoms with Crippen LogP contribution in [0.3, 0.4) is 0 Å². The van der Waals surface area contributed by atoms with Crippen LogP contribution in [0.15, 0.2) is 54.6 Å². The highest BCUT2D eigenvalue weighted by molar-refractivity contribution is 5.91. The summed E-state index contributed by atoms with van der Waals surface area (Å²) >= 11 is 0. The number of rotatable bonds is 5. The molecule has 30 heavy (non-hydrogen) atoms. The Bertz CT molecular complexity index is 1060. The molecule has 1 saturated heterocycles. The minimum Gasteiger partial charge on any atom is -0.497 e. The lowest BCUT2D eigenvalue weighted by Crippen LogP contribution is -2.42. The number of amides is 2. The lowest BCUT2D eigenvalue weighted by atomic mass is 9.96. The maximum Gasteiger partial charge on any atom is 0.293 e. The van der Waals surface area contributed by atoms with E-state index in [1.165, 1.54) is 0 Å². The van der Waals surface area contributed by atoms with Crippen LogP contribution in [0.2, 0.25) is 0 Å². The van der Waals surface area contributed by atoms with E-state index >= 15 is 0 Å². The third-order valence-corrected chi connectivity index (χ3v) is 5.31. The molecule has 0 atom stereocenters. The number of ether oxygens (including phenoxy) is 1. The SMILES string of the molecule is COc1cccc(-c2nc(C(=O)N3CCC(C(N)=O)CC3)nn2-c2ccccc2)c1. The van der Waals surface area contributed by atoms with Gasteiger partial charge in [0.15, 0.2) is 5.82 Å². The molecule has 8 nitrogen and oxygen atoms in total. The average molecular weight is 405 g/mol. The summed E-state index contributed by atoms with van der Waals surface area (Å²) in [5.41, 5.74) is 6.98. The zero-order chi connectivity index (χ0) is 21.1. The van der Waals surface area contributed by atoms with Gasteiger partial charge in [0.1, 0.15) is 5.75 Å². The van der Waals surface area contributed by atoms with Gasteiger partial charge in [-0.05, 0) is 37.1 Å². The molecular formula is C22H23N5O3. The number of nitrogens with two attached hydrogens (primary N) is 1. The normalized spacial score (nSPS) is 14.5. The maximum atomic E-state index is 13.1. The maximum absolute atomic E-state index is 13.1. The molecular weight excluding hydrogens is 382 g/mol. The molecule has 2 heterocycles. The van der Waals surface area contributed by atoms with Gasteiger partial charge in [0, 0.05) is 24.6 Å². The van der Waals surface area contributed by atoms with Gasteiger partial charge in [-0.25, -0.2) is 9.67 Å². The molecule has 8 heteroatoms. The van der Waals surface area contributed by atoms with Crippen LogP contribution in [0, 0.1) is 5.92 Å². The molecule has 2 amide bonds. The first-order chi connectivity index (χ1) is 14.6. The molecule has 1 aliphatic heterocycles. The fourth-order valence-electron chi connectivity index (χ4n) is 3.61. The van der Waals surface area contributed by atoms with Crippen LogP contribution in [-0.4, -0.2) is 51.7 Å². The quantitative estimate of drug-likeness (QED) is 0.701. The van der Waals surface area contributed by atoms with Crippen molar-refractivity contribution in [3.8, 4) is 22.8 Å². The highest BCUT2D eigenvalue weighted by atomic mass is 16.5. The molecule has 0 radical (unpaired) electrons. The predicted molar refractivity (Wildman–Crippen MR) is 111 cm³/mol. The Labute approximate surface area is 174 Å². The largest absolute Gasteiger partial charge is 0.497 e. The van der Waals surface area contributed by atoms with Crippen LogP contribution in [0.25, 0.3) is 17.1 Å². The molecule has 0 saturated carbocycles. The van der Waals surface area contributed by atoms with Gasteiger partial charge >= 0.3 is 0 Å². The summed E-state index contributed by atoms with van der Waals surface area (Å²) in [6, 6.07) is 17.0. The van der Waals surface area contributed by atoms with E-state index in [4.69, 9.17) is 10.5 Å². The number of carbonyl (C=O) groups is 2. The average Bonchev–Trinajstić information content (AvgIpc) is 3.25. The first-order valence-electron chi connectivity index (χ1n) is 9.82. The molecule has 2 aromatic carbocycles. The molecule has 4 rings (SSSR count).